The lowest BCUT2D eigenvalue weighted by Gasteiger charge is -2.23. The molecule has 2 rings (SSSR count). The van der Waals surface area contributed by atoms with E-state index >= 15 is 0 Å². The van der Waals surface area contributed by atoms with E-state index in [0.717, 1.165) is 25.9 Å². The van der Waals surface area contributed by atoms with Crippen molar-refractivity contribution < 1.29 is 13.5 Å². The van der Waals surface area contributed by atoms with Gasteiger partial charge in [0.05, 0.1) is 6.61 Å². The van der Waals surface area contributed by atoms with E-state index in [0.29, 0.717) is 30.1 Å². The van der Waals surface area contributed by atoms with Crippen molar-refractivity contribution in [2.75, 3.05) is 20.2 Å². The van der Waals surface area contributed by atoms with Crippen LogP contribution in [0.15, 0.2) is 12.1 Å². The van der Waals surface area contributed by atoms with E-state index in [-0.39, 0.29) is 0 Å². The average Bonchev–Trinajstić information content (AvgIpc) is 2.37. The maximum absolute atomic E-state index is 13.7. The van der Waals surface area contributed by atoms with Gasteiger partial charge in [0.25, 0.3) is 0 Å². The molecule has 1 heterocycles. The Morgan fingerprint density at radius 1 is 1.39 bits per heavy atom. The Hall–Kier alpha value is -1.00. The minimum atomic E-state index is -0.775. The summed E-state index contributed by atoms with van der Waals surface area (Å²) in [5.74, 6) is -1.09. The summed E-state index contributed by atoms with van der Waals surface area (Å²) in [6.07, 6.45) is 2.77. The second kappa shape index (κ2) is 6.25. The minimum absolute atomic E-state index is 0.313. The van der Waals surface area contributed by atoms with Gasteiger partial charge in [0, 0.05) is 7.11 Å². The lowest BCUT2D eigenvalue weighted by Crippen LogP contribution is -2.31. The van der Waals surface area contributed by atoms with Crippen molar-refractivity contribution in [3.63, 3.8) is 0 Å². The molecule has 1 aromatic carbocycles. The molecule has 0 amide bonds. The average molecular weight is 255 g/mol. The van der Waals surface area contributed by atoms with Crippen molar-refractivity contribution in [1.29, 1.82) is 0 Å². The summed E-state index contributed by atoms with van der Waals surface area (Å²) in [5.41, 5.74) is 1.16. The molecule has 1 unspecified atom stereocenters. The molecule has 1 aromatic rings. The van der Waals surface area contributed by atoms with E-state index in [1.807, 2.05) is 0 Å². The maximum Gasteiger partial charge on any atom is 0.162 e. The highest BCUT2D eigenvalue weighted by Crippen LogP contribution is 2.22. The first kappa shape index (κ1) is 13.4. The Morgan fingerprint density at radius 3 is 2.89 bits per heavy atom. The number of rotatable bonds is 4. The molecule has 1 fully saturated rings. The van der Waals surface area contributed by atoms with Gasteiger partial charge in [-0.25, -0.2) is 8.78 Å². The molecule has 1 atom stereocenters. The van der Waals surface area contributed by atoms with Gasteiger partial charge in [-0.1, -0.05) is 6.07 Å². The van der Waals surface area contributed by atoms with Crippen LogP contribution in [-0.4, -0.2) is 20.2 Å². The first-order chi connectivity index (χ1) is 8.70. The van der Waals surface area contributed by atoms with Gasteiger partial charge < -0.3 is 10.1 Å². The molecular weight excluding hydrogens is 236 g/mol. The molecule has 0 bridgehead atoms. The number of methoxy groups -OCH3 is 1. The summed E-state index contributed by atoms with van der Waals surface area (Å²) in [5, 5.41) is 3.29. The summed E-state index contributed by atoms with van der Waals surface area (Å²) < 4.78 is 32.2. The zero-order chi connectivity index (χ0) is 13.0. The summed E-state index contributed by atoms with van der Waals surface area (Å²) in [4.78, 5) is 0. The molecule has 0 radical (unpaired) electrons. The molecule has 18 heavy (non-hydrogen) atoms. The lowest BCUT2D eigenvalue weighted by atomic mass is 9.91. The van der Waals surface area contributed by atoms with Gasteiger partial charge in [0.15, 0.2) is 11.6 Å². The number of ether oxygens (including phenoxy) is 1. The summed E-state index contributed by atoms with van der Waals surface area (Å²) in [6, 6.07) is 2.93. The van der Waals surface area contributed by atoms with Crippen molar-refractivity contribution in [1.82, 2.24) is 5.32 Å². The zero-order valence-electron chi connectivity index (χ0n) is 10.6. The second-order valence-corrected chi connectivity index (χ2v) is 4.90. The molecule has 4 heteroatoms. The number of hydrogen-bond acceptors (Lipinski definition) is 2. The van der Waals surface area contributed by atoms with Crippen LogP contribution in [0.3, 0.4) is 0 Å². The SMILES string of the molecule is COCc1cc(F)c(F)c(CC2CCCNC2)c1. The van der Waals surface area contributed by atoms with Gasteiger partial charge in [-0.15, -0.1) is 0 Å². The van der Waals surface area contributed by atoms with Crippen LogP contribution in [0.2, 0.25) is 0 Å². The van der Waals surface area contributed by atoms with Gasteiger partial charge in [0.1, 0.15) is 0 Å². The van der Waals surface area contributed by atoms with Crippen LogP contribution in [0.25, 0.3) is 0 Å². The third-order valence-electron chi connectivity index (χ3n) is 3.38. The molecular formula is C14H19F2NO. The monoisotopic (exact) mass is 255 g/mol. The van der Waals surface area contributed by atoms with E-state index in [1.165, 1.54) is 6.07 Å². The minimum Gasteiger partial charge on any atom is -0.380 e. The normalized spacial score (nSPS) is 20.1. The summed E-state index contributed by atoms with van der Waals surface area (Å²) in [6.45, 7) is 2.22. The molecule has 2 nitrogen and oxygen atoms in total. The molecule has 1 aliphatic rings. The molecule has 0 spiro atoms. The van der Waals surface area contributed by atoms with E-state index in [1.54, 1.807) is 13.2 Å². The van der Waals surface area contributed by atoms with Crippen molar-refractivity contribution in [2.45, 2.75) is 25.9 Å². The van der Waals surface area contributed by atoms with E-state index in [4.69, 9.17) is 4.74 Å². The fourth-order valence-corrected chi connectivity index (χ4v) is 2.52. The van der Waals surface area contributed by atoms with Gasteiger partial charge in [-0.05, 0) is 55.5 Å². The van der Waals surface area contributed by atoms with Crippen molar-refractivity contribution in [2.24, 2.45) is 5.92 Å². The first-order valence-electron chi connectivity index (χ1n) is 6.37. The topological polar surface area (TPSA) is 21.3 Å². The predicted octanol–water partition coefficient (Wildman–Crippen LogP) is 2.65. The Kier molecular flexibility index (Phi) is 4.66. The standard InChI is InChI=1S/C14H19F2NO/c1-18-9-11-6-12(14(16)13(15)7-11)5-10-3-2-4-17-8-10/h6-7,10,17H,2-5,8-9H2,1H3. The van der Waals surface area contributed by atoms with Crippen LogP contribution in [0, 0.1) is 17.6 Å². The van der Waals surface area contributed by atoms with Crippen molar-refractivity contribution in [3.8, 4) is 0 Å². The fraction of sp³-hybridized carbons (Fsp3) is 0.571. The Bertz CT molecular complexity index is 403. The number of piperidine rings is 1. The maximum atomic E-state index is 13.7. The number of benzene rings is 1. The lowest BCUT2D eigenvalue weighted by molar-refractivity contribution is 0.184. The zero-order valence-corrected chi connectivity index (χ0v) is 10.6. The van der Waals surface area contributed by atoms with E-state index in [9.17, 15) is 8.78 Å². The van der Waals surface area contributed by atoms with Crippen LogP contribution in [0.5, 0.6) is 0 Å². The summed E-state index contributed by atoms with van der Waals surface area (Å²) >= 11 is 0. The molecule has 1 aliphatic heterocycles. The van der Waals surface area contributed by atoms with Crippen LogP contribution < -0.4 is 5.32 Å². The molecule has 100 valence electrons. The van der Waals surface area contributed by atoms with Crippen LogP contribution >= 0.6 is 0 Å². The first-order valence-corrected chi connectivity index (χ1v) is 6.37. The molecule has 0 saturated carbocycles. The highest BCUT2D eigenvalue weighted by atomic mass is 19.2. The predicted molar refractivity (Wildman–Crippen MR) is 66.4 cm³/mol. The molecule has 0 aromatic heterocycles. The highest BCUT2D eigenvalue weighted by molar-refractivity contribution is 5.26. The Labute approximate surface area is 106 Å². The molecule has 1 saturated heterocycles. The molecule has 0 aliphatic carbocycles. The number of halogens is 2. The van der Waals surface area contributed by atoms with Gasteiger partial charge >= 0.3 is 0 Å². The number of nitrogens with one attached hydrogen (secondary N) is 1. The van der Waals surface area contributed by atoms with Crippen molar-refractivity contribution >= 4 is 0 Å². The third-order valence-corrected chi connectivity index (χ3v) is 3.38. The van der Waals surface area contributed by atoms with Gasteiger partial charge in [-0.2, -0.15) is 0 Å². The van der Waals surface area contributed by atoms with Gasteiger partial charge in [0.2, 0.25) is 0 Å². The largest absolute Gasteiger partial charge is 0.380 e. The highest BCUT2D eigenvalue weighted by Gasteiger charge is 2.18. The molecule has 1 N–H and O–H groups in total. The quantitative estimate of drug-likeness (QED) is 0.893. The van der Waals surface area contributed by atoms with Crippen LogP contribution in [0.4, 0.5) is 8.78 Å². The smallest absolute Gasteiger partial charge is 0.162 e. The van der Waals surface area contributed by atoms with Crippen LogP contribution in [-0.2, 0) is 17.8 Å². The van der Waals surface area contributed by atoms with Crippen molar-refractivity contribution in [3.05, 3.63) is 34.9 Å². The number of hydrogen-bond donors (Lipinski definition) is 1. The Balaban J connectivity index is 2.14. The van der Waals surface area contributed by atoms with Crippen LogP contribution in [0.1, 0.15) is 24.0 Å². The summed E-state index contributed by atoms with van der Waals surface area (Å²) in [7, 11) is 1.55. The fourth-order valence-electron chi connectivity index (χ4n) is 2.52. The Morgan fingerprint density at radius 2 is 2.22 bits per heavy atom. The van der Waals surface area contributed by atoms with E-state index < -0.39 is 11.6 Å². The third kappa shape index (κ3) is 3.27. The van der Waals surface area contributed by atoms with Gasteiger partial charge in [-0.3, -0.25) is 0 Å². The second-order valence-electron chi connectivity index (χ2n) is 4.90. The van der Waals surface area contributed by atoms with E-state index in [2.05, 4.69) is 5.32 Å².